The Morgan fingerprint density at radius 2 is 1.68 bits per heavy atom. The molecule has 0 unspecified atom stereocenters. The van der Waals surface area contributed by atoms with Crippen LogP contribution in [-0.4, -0.2) is 43.1 Å². The van der Waals surface area contributed by atoms with Gasteiger partial charge in [0.05, 0.1) is 6.26 Å². The molecule has 0 atom stereocenters. The van der Waals surface area contributed by atoms with E-state index in [4.69, 9.17) is 9.15 Å². The van der Waals surface area contributed by atoms with Gasteiger partial charge in [-0.15, -0.1) is 0 Å². The standard InChI is InChI=1S/C12H17N5O2/c1-16(2)10-13-11(17(3)4)15-12(14-10)19-8-9-6-5-7-18-9/h5-7H,8H2,1-4H3. The van der Waals surface area contributed by atoms with E-state index in [9.17, 15) is 0 Å². The second kappa shape index (κ2) is 5.55. The number of aromatic nitrogens is 3. The molecule has 0 radical (unpaired) electrons. The third-order valence-electron chi connectivity index (χ3n) is 2.31. The smallest absolute Gasteiger partial charge is 0.323 e. The molecule has 2 heterocycles. The zero-order valence-electron chi connectivity index (χ0n) is 11.5. The maximum Gasteiger partial charge on any atom is 0.323 e. The van der Waals surface area contributed by atoms with Gasteiger partial charge in [-0.25, -0.2) is 0 Å². The predicted molar refractivity (Wildman–Crippen MR) is 71.5 cm³/mol. The van der Waals surface area contributed by atoms with Crippen molar-refractivity contribution in [3.8, 4) is 6.01 Å². The van der Waals surface area contributed by atoms with Crippen molar-refractivity contribution in [1.29, 1.82) is 0 Å². The fraction of sp³-hybridized carbons (Fsp3) is 0.417. The van der Waals surface area contributed by atoms with E-state index in [1.165, 1.54) is 0 Å². The van der Waals surface area contributed by atoms with Crippen molar-refractivity contribution in [2.24, 2.45) is 0 Å². The average molecular weight is 263 g/mol. The summed E-state index contributed by atoms with van der Waals surface area (Å²) < 4.78 is 10.7. The minimum absolute atomic E-state index is 0.277. The Bertz CT molecular complexity index is 499. The highest BCUT2D eigenvalue weighted by molar-refractivity contribution is 5.37. The Kier molecular flexibility index (Phi) is 3.84. The molecule has 0 aliphatic heterocycles. The molecule has 0 bridgehead atoms. The van der Waals surface area contributed by atoms with E-state index in [1.54, 1.807) is 16.1 Å². The Morgan fingerprint density at radius 3 is 2.16 bits per heavy atom. The van der Waals surface area contributed by atoms with Crippen LogP contribution in [0, 0.1) is 0 Å². The van der Waals surface area contributed by atoms with E-state index in [0.717, 1.165) is 5.76 Å². The van der Waals surface area contributed by atoms with Crippen LogP contribution < -0.4 is 14.5 Å². The van der Waals surface area contributed by atoms with E-state index in [2.05, 4.69) is 15.0 Å². The summed E-state index contributed by atoms with van der Waals surface area (Å²) in [6.07, 6.45) is 1.60. The average Bonchev–Trinajstić information content (AvgIpc) is 2.89. The first-order chi connectivity index (χ1) is 9.06. The van der Waals surface area contributed by atoms with E-state index < -0.39 is 0 Å². The Balaban J connectivity index is 2.18. The van der Waals surface area contributed by atoms with Crippen molar-refractivity contribution >= 4 is 11.9 Å². The van der Waals surface area contributed by atoms with Crippen molar-refractivity contribution in [2.45, 2.75) is 6.61 Å². The number of furan rings is 1. The summed E-state index contributed by atoms with van der Waals surface area (Å²) in [6.45, 7) is 0.288. The van der Waals surface area contributed by atoms with Crippen LogP contribution in [0.25, 0.3) is 0 Å². The zero-order chi connectivity index (χ0) is 13.8. The predicted octanol–water partition coefficient (Wildman–Crippen LogP) is 1.18. The molecule has 0 saturated heterocycles. The molecule has 0 aliphatic carbocycles. The quantitative estimate of drug-likeness (QED) is 0.802. The van der Waals surface area contributed by atoms with Crippen molar-refractivity contribution in [3.05, 3.63) is 24.2 Å². The molecule has 0 aliphatic rings. The Hall–Kier alpha value is -2.31. The third kappa shape index (κ3) is 3.34. The van der Waals surface area contributed by atoms with Crippen LogP contribution in [0.15, 0.2) is 22.8 Å². The molecule has 0 N–H and O–H groups in total. The highest BCUT2D eigenvalue weighted by atomic mass is 16.5. The van der Waals surface area contributed by atoms with Gasteiger partial charge < -0.3 is 19.0 Å². The highest BCUT2D eigenvalue weighted by Gasteiger charge is 2.11. The normalized spacial score (nSPS) is 10.3. The molecule has 7 heteroatoms. The lowest BCUT2D eigenvalue weighted by Crippen LogP contribution is -2.19. The van der Waals surface area contributed by atoms with Crippen LogP contribution in [0.5, 0.6) is 6.01 Å². The number of ether oxygens (including phenoxy) is 1. The SMILES string of the molecule is CN(C)c1nc(OCc2ccco2)nc(N(C)C)n1. The van der Waals surface area contributed by atoms with E-state index in [-0.39, 0.29) is 12.6 Å². The molecule has 0 aromatic carbocycles. The summed E-state index contributed by atoms with van der Waals surface area (Å²) in [5.41, 5.74) is 0. The number of hydrogen-bond acceptors (Lipinski definition) is 7. The molecule has 7 nitrogen and oxygen atoms in total. The first kappa shape index (κ1) is 13.1. The van der Waals surface area contributed by atoms with Gasteiger partial charge in [-0.05, 0) is 12.1 Å². The van der Waals surface area contributed by atoms with Crippen LogP contribution in [0.4, 0.5) is 11.9 Å². The van der Waals surface area contributed by atoms with Crippen LogP contribution >= 0.6 is 0 Å². The van der Waals surface area contributed by atoms with E-state index >= 15 is 0 Å². The summed E-state index contributed by atoms with van der Waals surface area (Å²) in [5, 5.41) is 0. The van der Waals surface area contributed by atoms with Crippen molar-refractivity contribution in [1.82, 2.24) is 15.0 Å². The lowest BCUT2D eigenvalue weighted by atomic mass is 10.5. The lowest BCUT2D eigenvalue weighted by molar-refractivity contribution is 0.249. The first-order valence-electron chi connectivity index (χ1n) is 5.82. The fourth-order valence-electron chi connectivity index (χ4n) is 1.33. The molecule has 2 rings (SSSR count). The van der Waals surface area contributed by atoms with Gasteiger partial charge >= 0.3 is 6.01 Å². The third-order valence-corrected chi connectivity index (χ3v) is 2.31. The van der Waals surface area contributed by atoms with Gasteiger partial charge in [-0.3, -0.25) is 0 Å². The zero-order valence-corrected chi connectivity index (χ0v) is 11.5. The molecule has 102 valence electrons. The van der Waals surface area contributed by atoms with Crippen molar-refractivity contribution < 1.29 is 9.15 Å². The molecule has 2 aromatic heterocycles. The molecular weight excluding hydrogens is 246 g/mol. The maximum absolute atomic E-state index is 5.52. The topological polar surface area (TPSA) is 67.5 Å². The number of anilines is 2. The van der Waals surface area contributed by atoms with Crippen molar-refractivity contribution in [2.75, 3.05) is 38.0 Å². The van der Waals surface area contributed by atoms with Gasteiger partial charge in [-0.1, -0.05) is 0 Å². The van der Waals surface area contributed by atoms with Gasteiger partial charge in [-0.2, -0.15) is 15.0 Å². The Morgan fingerprint density at radius 1 is 1.05 bits per heavy atom. The second-order valence-corrected chi connectivity index (χ2v) is 4.37. The van der Waals surface area contributed by atoms with Crippen LogP contribution in [0.2, 0.25) is 0 Å². The van der Waals surface area contributed by atoms with Crippen LogP contribution in [0.3, 0.4) is 0 Å². The molecule has 0 spiro atoms. The minimum atomic E-state index is 0.277. The highest BCUT2D eigenvalue weighted by Crippen LogP contribution is 2.15. The number of rotatable bonds is 5. The monoisotopic (exact) mass is 263 g/mol. The summed E-state index contributed by atoms with van der Waals surface area (Å²) in [5.74, 6) is 1.82. The largest absolute Gasteiger partial charge is 0.466 e. The summed E-state index contributed by atoms with van der Waals surface area (Å²) >= 11 is 0. The Labute approximate surface area is 111 Å². The van der Waals surface area contributed by atoms with Crippen LogP contribution in [-0.2, 0) is 6.61 Å². The summed E-state index contributed by atoms with van der Waals surface area (Å²) in [7, 11) is 7.46. The minimum Gasteiger partial charge on any atom is -0.466 e. The van der Waals surface area contributed by atoms with Crippen molar-refractivity contribution in [3.63, 3.8) is 0 Å². The molecule has 0 fully saturated rings. The van der Waals surface area contributed by atoms with Gasteiger partial charge in [0, 0.05) is 28.2 Å². The fourth-order valence-corrected chi connectivity index (χ4v) is 1.33. The first-order valence-corrected chi connectivity index (χ1v) is 5.82. The summed E-state index contributed by atoms with van der Waals surface area (Å²) in [6, 6.07) is 3.92. The molecule has 2 aromatic rings. The maximum atomic E-state index is 5.52. The van der Waals surface area contributed by atoms with Gasteiger partial charge in [0.2, 0.25) is 11.9 Å². The second-order valence-electron chi connectivity index (χ2n) is 4.37. The number of nitrogens with zero attached hydrogens (tertiary/aromatic N) is 5. The van der Waals surface area contributed by atoms with E-state index in [0.29, 0.717) is 11.9 Å². The molecular formula is C12H17N5O2. The van der Waals surface area contributed by atoms with E-state index in [1.807, 2.05) is 40.3 Å². The molecule has 19 heavy (non-hydrogen) atoms. The van der Waals surface area contributed by atoms with Gasteiger partial charge in [0.1, 0.15) is 12.4 Å². The van der Waals surface area contributed by atoms with Crippen LogP contribution in [0.1, 0.15) is 5.76 Å². The summed E-state index contributed by atoms with van der Waals surface area (Å²) in [4.78, 5) is 16.4. The molecule has 0 saturated carbocycles. The van der Waals surface area contributed by atoms with Gasteiger partial charge in [0.15, 0.2) is 0 Å². The number of hydrogen-bond donors (Lipinski definition) is 0. The lowest BCUT2D eigenvalue weighted by Gasteiger charge is -2.15. The van der Waals surface area contributed by atoms with Gasteiger partial charge in [0.25, 0.3) is 0 Å². The molecule has 0 amide bonds.